The Morgan fingerprint density at radius 2 is 2.13 bits per heavy atom. The molecule has 1 aromatic heterocycles. The number of nitrogens with two attached hydrogens (primary N) is 1. The van der Waals surface area contributed by atoms with E-state index in [4.69, 9.17) is 5.73 Å². The van der Waals surface area contributed by atoms with Gasteiger partial charge < -0.3 is 10.3 Å². The molecule has 0 spiro atoms. The lowest BCUT2D eigenvalue weighted by atomic mass is 9.92. The molecule has 78 valence electrons. The first kappa shape index (κ1) is 8.98. The molecule has 2 N–H and O–H groups in total. The Bertz CT molecular complexity index is 510. The molecule has 1 heterocycles. The average molecular weight is 200 g/mol. The number of para-hydroxylation sites is 1. The molecule has 0 saturated heterocycles. The molecule has 2 heteroatoms. The van der Waals surface area contributed by atoms with Gasteiger partial charge in [-0.1, -0.05) is 18.2 Å². The Morgan fingerprint density at radius 1 is 1.33 bits per heavy atom. The number of hydrogen-bond acceptors (Lipinski definition) is 1. The topological polar surface area (TPSA) is 30.9 Å². The number of benzene rings is 1. The molecule has 15 heavy (non-hydrogen) atoms. The van der Waals surface area contributed by atoms with Gasteiger partial charge in [0.05, 0.1) is 0 Å². The van der Waals surface area contributed by atoms with Crippen molar-refractivity contribution in [3.63, 3.8) is 0 Å². The summed E-state index contributed by atoms with van der Waals surface area (Å²) in [5.74, 6) is 0. The third kappa shape index (κ3) is 1.21. The fraction of sp³-hybridized carbons (Fsp3) is 0.385. The van der Waals surface area contributed by atoms with E-state index in [0.29, 0.717) is 6.04 Å². The summed E-state index contributed by atoms with van der Waals surface area (Å²) < 4.78 is 2.33. The van der Waals surface area contributed by atoms with Crippen LogP contribution in [0.5, 0.6) is 0 Å². The first-order chi connectivity index (χ1) is 7.27. The summed E-state index contributed by atoms with van der Waals surface area (Å²) in [5, 5.41) is 1.39. The maximum absolute atomic E-state index is 6.04. The Balaban J connectivity index is 2.33. The molecule has 0 bridgehead atoms. The number of aryl methyl sites for hydroxylation is 1. The van der Waals surface area contributed by atoms with Gasteiger partial charge in [-0.2, -0.15) is 0 Å². The predicted octanol–water partition coefficient (Wildman–Crippen LogP) is 1.99. The minimum Gasteiger partial charge on any atom is -0.347 e. The molecule has 1 aliphatic carbocycles. The van der Waals surface area contributed by atoms with Crippen LogP contribution < -0.4 is 5.73 Å². The van der Waals surface area contributed by atoms with Crippen LogP contribution in [0.3, 0.4) is 0 Å². The lowest BCUT2D eigenvalue weighted by Gasteiger charge is -2.19. The molecule has 0 radical (unpaired) electrons. The van der Waals surface area contributed by atoms with E-state index in [2.05, 4.69) is 35.9 Å². The number of fused-ring (bicyclic) bond motifs is 3. The van der Waals surface area contributed by atoms with Crippen LogP contribution in [0.25, 0.3) is 10.9 Å². The Morgan fingerprint density at radius 3 is 3.00 bits per heavy atom. The first-order valence-electron chi connectivity index (χ1n) is 5.58. The van der Waals surface area contributed by atoms with Crippen molar-refractivity contribution in [2.24, 2.45) is 12.8 Å². The standard InChI is InChI=1S/C13H16N2/c1-15-12-5-3-2-4-10(12)11-8-9(14)6-7-13(11)15/h2-5,9H,6-8,14H2,1H3/t9-/m0/s1. The SMILES string of the molecule is Cn1c2c(c3ccccc31)C[C@@H](N)CC2. The van der Waals surface area contributed by atoms with Crippen LogP contribution in [0.1, 0.15) is 17.7 Å². The third-order valence-electron chi connectivity index (χ3n) is 3.56. The van der Waals surface area contributed by atoms with E-state index in [1.165, 1.54) is 22.2 Å². The minimum absolute atomic E-state index is 0.350. The molecule has 1 aromatic carbocycles. The molecule has 0 amide bonds. The summed E-state index contributed by atoms with van der Waals surface area (Å²) in [6.07, 6.45) is 3.29. The van der Waals surface area contributed by atoms with Crippen molar-refractivity contribution in [2.45, 2.75) is 25.3 Å². The van der Waals surface area contributed by atoms with Gasteiger partial charge in [0.2, 0.25) is 0 Å². The fourth-order valence-corrected chi connectivity index (χ4v) is 2.76. The summed E-state index contributed by atoms with van der Waals surface area (Å²) in [6, 6.07) is 8.98. The summed E-state index contributed by atoms with van der Waals surface area (Å²) in [5.41, 5.74) is 10.3. The maximum Gasteiger partial charge on any atom is 0.0482 e. The molecule has 0 saturated carbocycles. The Labute approximate surface area is 89.7 Å². The molecule has 0 aliphatic heterocycles. The van der Waals surface area contributed by atoms with Gasteiger partial charge in [0.1, 0.15) is 0 Å². The van der Waals surface area contributed by atoms with Gasteiger partial charge in [-0.25, -0.2) is 0 Å². The smallest absolute Gasteiger partial charge is 0.0482 e. The van der Waals surface area contributed by atoms with Crippen LogP contribution in [0.4, 0.5) is 0 Å². The van der Waals surface area contributed by atoms with Gasteiger partial charge in [-0.3, -0.25) is 0 Å². The van der Waals surface area contributed by atoms with E-state index in [-0.39, 0.29) is 0 Å². The van der Waals surface area contributed by atoms with E-state index in [1.54, 1.807) is 0 Å². The molecule has 3 rings (SSSR count). The molecular formula is C13H16N2. The normalized spacial score (nSPS) is 20.5. The molecule has 2 nitrogen and oxygen atoms in total. The predicted molar refractivity (Wildman–Crippen MR) is 62.9 cm³/mol. The molecule has 1 aliphatic rings. The number of nitrogens with zero attached hydrogens (tertiary/aromatic N) is 1. The molecule has 0 fully saturated rings. The zero-order valence-electron chi connectivity index (χ0n) is 9.03. The second kappa shape index (κ2) is 3.11. The van der Waals surface area contributed by atoms with Crippen molar-refractivity contribution in [1.29, 1.82) is 0 Å². The van der Waals surface area contributed by atoms with Crippen molar-refractivity contribution in [2.75, 3.05) is 0 Å². The van der Waals surface area contributed by atoms with E-state index < -0.39 is 0 Å². The summed E-state index contributed by atoms with van der Waals surface area (Å²) in [4.78, 5) is 0. The zero-order chi connectivity index (χ0) is 10.4. The molecule has 1 atom stereocenters. The van der Waals surface area contributed by atoms with Gasteiger partial charge in [0, 0.05) is 29.7 Å². The van der Waals surface area contributed by atoms with Gasteiger partial charge >= 0.3 is 0 Å². The van der Waals surface area contributed by atoms with Crippen LogP contribution in [0, 0.1) is 0 Å². The second-order valence-electron chi connectivity index (χ2n) is 4.50. The molecular weight excluding hydrogens is 184 g/mol. The molecule has 2 aromatic rings. The first-order valence-corrected chi connectivity index (χ1v) is 5.58. The third-order valence-corrected chi connectivity index (χ3v) is 3.56. The largest absolute Gasteiger partial charge is 0.347 e. The lowest BCUT2D eigenvalue weighted by Crippen LogP contribution is -2.28. The maximum atomic E-state index is 6.04. The van der Waals surface area contributed by atoms with Crippen molar-refractivity contribution < 1.29 is 0 Å². The van der Waals surface area contributed by atoms with E-state index >= 15 is 0 Å². The summed E-state index contributed by atoms with van der Waals surface area (Å²) in [7, 11) is 2.16. The van der Waals surface area contributed by atoms with Crippen molar-refractivity contribution >= 4 is 10.9 Å². The molecule has 0 unspecified atom stereocenters. The van der Waals surface area contributed by atoms with E-state index in [0.717, 1.165) is 19.3 Å². The highest BCUT2D eigenvalue weighted by Crippen LogP contribution is 2.30. The van der Waals surface area contributed by atoms with E-state index in [9.17, 15) is 0 Å². The highest BCUT2D eigenvalue weighted by Gasteiger charge is 2.21. The number of aromatic nitrogens is 1. The van der Waals surface area contributed by atoms with Crippen LogP contribution in [0.15, 0.2) is 24.3 Å². The van der Waals surface area contributed by atoms with Gasteiger partial charge in [-0.05, 0) is 30.9 Å². The zero-order valence-corrected chi connectivity index (χ0v) is 9.03. The summed E-state index contributed by atoms with van der Waals surface area (Å²) in [6.45, 7) is 0. The summed E-state index contributed by atoms with van der Waals surface area (Å²) >= 11 is 0. The quantitative estimate of drug-likeness (QED) is 0.692. The van der Waals surface area contributed by atoms with Gasteiger partial charge in [-0.15, -0.1) is 0 Å². The highest BCUT2D eigenvalue weighted by molar-refractivity contribution is 5.85. The van der Waals surface area contributed by atoms with Crippen LogP contribution in [0.2, 0.25) is 0 Å². The van der Waals surface area contributed by atoms with Gasteiger partial charge in [0.25, 0.3) is 0 Å². The number of rotatable bonds is 0. The lowest BCUT2D eigenvalue weighted by molar-refractivity contribution is 0.562. The second-order valence-corrected chi connectivity index (χ2v) is 4.50. The van der Waals surface area contributed by atoms with Crippen LogP contribution >= 0.6 is 0 Å². The Kier molecular flexibility index (Phi) is 1.86. The van der Waals surface area contributed by atoms with Crippen molar-refractivity contribution in [3.8, 4) is 0 Å². The minimum atomic E-state index is 0.350. The highest BCUT2D eigenvalue weighted by atomic mass is 15.0. The van der Waals surface area contributed by atoms with Gasteiger partial charge in [0.15, 0.2) is 0 Å². The average Bonchev–Trinajstić information content (AvgIpc) is 2.54. The van der Waals surface area contributed by atoms with Crippen LogP contribution in [-0.2, 0) is 19.9 Å². The Hall–Kier alpha value is -1.28. The van der Waals surface area contributed by atoms with Crippen molar-refractivity contribution in [1.82, 2.24) is 4.57 Å². The number of hydrogen-bond donors (Lipinski definition) is 1. The van der Waals surface area contributed by atoms with E-state index in [1.807, 2.05) is 0 Å². The van der Waals surface area contributed by atoms with Crippen LogP contribution in [-0.4, -0.2) is 10.6 Å². The van der Waals surface area contributed by atoms with Crippen molar-refractivity contribution in [3.05, 3.63) is 35.5 Å². The monoisotopic (exact) mass is 200 g/mol. The fourth-order valence-electron chi connectivity index (χ4n) is 2.76.